The van der Waals surface area contributed by atoms with Crippen molar-refractivity contribution in [3.05, 3.63) is 24.2 Å². The highest BCUT2D eigenvalue weighted by molar-refractivity contribution is 14.0. The van der Waals surface area contributed by atoms with Gasteiger partial charge in [-0.3, -0.25) is 9.89 Å². The highest BCUT2D eigenvalue weighted by Crippen LogP contribution is 2.20. The van der Waals surface area contributed by atoms with Gasteiger partial charge in [0.05, 0.1) is 12.3 Å². The molecule has 1 aromatic rings. The predicted octanol–water partition coefficient (Wildman–Crippen LogP) is 2.95. The van der Waals surface area contributed by atoms with Gasteiger partial charge in [0, 0.05) is 26.7 Å². The van der Waals surface area contributed by atoms with E-state index in [1.54, 1.807) is 6.26 Å². The summed E-state index contributed by atoms with van der Waals surface area (Å²) < 4.78 is 5.64. The molecule has 0 amide bonds. The summed E-state index contributed by atoms with van der Waals surface area (Å²) in [6.45, 7) is 9.42. The molecule has 0 radical (unpaired) electrons. The summed E-state index contributed by atoms with van der Waals surface area (Å²) in [4.78, 5) is 9.16. The number of furan rings is 1. The molecule has 6 heteroatoms. The van der Waals surface area contributed by atoms with Gasteiger partial charge in [-0.2, -0.15) is 0 Å². The Hall–Kier alpha value is -0.760. The number of hydrogen-bond donors (Lipinski definition) is 1. The van der Waals surface area contributed by atoms with Crippen molar-refractivity contribution < 1.29 is 4.42 Å². The molecule has 5 nitrogen and oxygen atoms in total. The molecule has 0 bridgehead atoms. The van der Waals surface area contributed by atoms with Crippen LogP contribution < -0.4 is 5.32 Å². The lowest BCUT2D eigenvalue weighted by Crippen LogP contribution is -2.44. The summed E-state index contributed by atoms with van der Waals surface area (Å²) in [5.74, 6) is 2.03. The first-order valence-corrected chi connectivity index (χ1v) is 8.03. The van der Waals surface area contributed by atoms with Crippen molar-refractivity contribution in [1.82, 2.24) is 15.1 Å². The highest BCUT2D eigenvalue weighted by atomic mass is 127. The molecule has 0 saturated carbocycles. The van der Waals surface area contributed by atoms with Gasteiger partial charge in [0.15, 0.2) is 5.96 Å². The maximum atomic E-state index is 5.64. The number of hydrogen-bond acceptors (Lipinski definition) is 3. The second-order valence-corrected chi connectivity index (χ2v) is 5.37. The number of aliphatic imine (C=N–C) groups is 1. The molecule has 0 spiro atoms. The number of nitrogens with one attached hydrogen (secondary N) is 1. The van der Waals surface area contributed by atoms with Gasteiger partial charge < -0.3 is 14.6 Å². The van der Waals surface area contributed by atoms with Crippen molar-refractivity contribution in [2.75, 3.05) is 39.8 Å². The summed E-state index contributed by atoms with van der Waals surface area (Å²) in [6, 6.07) is 4.26. The summed E-state index contributed by atoms with van der Waals surface area (Å²) >= 11 is 0. The van der Waals surface area contributed by atoms with Crippen LogP contribution in [0.2, 0.25) is 0 Å². The van der Waals surface area contributed by atoms with E-state index in [0.717, 1.165) is 44.4 Å². The SMILES string of the molecule is CCN(CC)C(CNC(=NC)N1CCCC1)c1ccco1.I. The smallest absolute Gasteiger partial charge is 0.193 e. The van der Waals surface area contributed by atoms with E-state index in [2.05, 4.69) is 40.0 Å². The first kappa shape index (κ1) is 19.3. The van der Waals surface area contributed by atoms with Crippen molar-refractivity contribution in [1.29, 1.82) is 0 Å². The second kappa shape index (κ2) is 10.1. The van der Waals surface area contributed by atoms with Gasteiger partial charge in [-0.1, -0.05) is 13.8 Å². The zero-order valence-corrected chi connectivity index (χ0v) is 16.2. The number of halogens is 1. The van der Waals surface area contributed by atoms with Crippen LogP contribution in [0.15, 0.2) is 27.8 Å². The zero-order chi connectivity index (χ0) is 15.1. The third-order valence-electron chi connectivity index (χ3n) is 4.20. The van der Waals surface area contributed by atoms with Crippen LogP contribution in [0, 0.1) is 0 Å². The minimum absolute atomic E-state index is 0. The van der Waals surface area contributed by atoms with Crippen LogP contribution >= 0.6 is 24.0 Å². The van der Waals surface area contributed by atoms with Crippen LogP contribution in [0.3, 0.4) is 0 Å². The van der Waals surface area contributed by atoms with Gasteiger partial charge >= 0.3 is 0 Å². The van der Waals surface area contributed by atoms with Crippen LogP contribution in [-0.2, 0) is 0 Å². The fourth-order valence-corrected chi connectivity index (χ4v) is 3.00. The second-order valence-electron chi connectivity index (χ2n) is 5.37. The summed E-state index contributed by atoms with van der Waals surface area (Å²) in [5, 5.41) is 3.52. The molecule has 126 valence electrons. The Morgan fingerprint density at radius 3 is 2.55 bits per heavy atom. The molecule has 22 heavy (non-hydrogen) atoms. The van der Waals surface area contributed by atoms with Crippen LogP contribution in [0.25, 0.3) is 0 Å². The Labute approximate surface area is 151 Å². The standard InChI is InChI=1S/C16H28N4O.HI/c1-4-19(5-2)14(15-9-8-12-21-15)13-18-16(17-3)20-10-6-7-11-20;/h8-9,12,14H,4-7,10-11,13H2,1-3H3,(H,17,18);1H. The zero-order valence-electron chi connectivity index (χ0n) is 13.9. The number of rotatable bonds is 6. The van der Waals surface area contributed by atoms with E-state index in [9.17, 15) is 0 Å². The van der Waals surface area contributed by atoms with Gasteiger partial charge in [0.25, 0.3) is 0 Å². The molecule has 1 aliphatic heterocycles. The molecule has 2 heterocycles. The minimum Gasteiger partial charge on any atom is -0.468 e. The number of likely N-dealkylation sites (tertiary alicyclic amines) is 1. The molecule has 1 saturated heterocycles. The number of guanidine groups is 1. The van der Waals surface area contributed by atoms with Gasteiger partial charge in [-0.05, 0) is 38.1 Å². The number of nitrogens with zero attached hydrogens (tertiary/aromatic N) is 3. The predicted molar refractivity (Wildman–Crippen MR) is 102 cm³/mol. The van der Waals surface area contributed by atoms with Crippen molar-refractivity contribution >= 4 is 29.9 Å². The average Bonchev–Trinajstić information content (AvgIpc) is 3.20. The van der Waals surface area contributed by atoms with Crippen LogP contribution in [0.5, 0.6) is 0 Å². The molecule has 0 aromatic carbocycles. The Kier molecular flexibility index (Phi) is 8.85. The Morgan fingerprint density at radius 1 is 1.36 bits per heavy atom. The highest BCUT2D eigenvalue weighted by Gasteiger charge is 2.22. The van der Waals surface area contributed by atoms with E-state index in [0.29, 0.717) is 0 Å². The molecular formula is C16H29IN4O. The van der Waals surface area contributed by atoms with Gasteiger partial charge in [0.1, 0.15) is 5.76 Å². The fourth-order valence-electron chi connectivity index (χ4n) is 3.00. The largest absolute Gasteiger partial charge is 0.468 e. The molecule has 2 rings (SSSR count). The summed E-state index contributed by atoms with van der Waals surface area (Å²) in [6.07, 6.45) is 4.28. The average molecular weight is 420 g/mol. The molecule has 1 aromatic heterocycles. The normalized spacial score (nSPS) is 16.7. The minimum atomic E-state index is 0. The maximum absolute atomic E-state index is 5.64. The van der Waals surface area contributed by atoms with Crippen LogP contribution in [0.1, 0.15) is 38.5 Å². The Balaban J connectivity index is 0.00000242. The lowest BCUT2D eigenvalue weighted by Gasteiger charge is -2.30. The first-order chi connectivity index (χ1) is 10.3. The van der Waals surface area contributed by atoms with E-state index in [1.165, 1.54) is 12.8 Å². The molecular weight excluding hydrogens is 391 g/mol. The first-order valence-electron chi connectivity index (χ1n) is 8.03. The van der Waals surface area contributed by atoms with E-state index in [1.807, 2.05) is 13.1 Å². The molecule has 1 unspecified atom stereocenters. The van der Waals surface area contributed by atoms with Crippen molar-refractivity contribution in [3.8, 4) is 0 Å². The maximum Gasteiger partial charge on any atom is 0.193 e. The fraction of sp³-hybridized carbons (Fsp3) is 0.688. The molecule has 1 aliphatic rings. The lowest BCUT2D eigenvalue weighted by molar-refractivity contribution is 0.192. The van der Waals surface area contributed by atoms with Crippen molar-refractivity contribution in [2.45, 2.75) is 32.7 Å². The van der Waals surface area contributed by atoms with E-state index in [4.69, 9.17) is 4.42 Å². The Bertz CT molecular complexity index is 425. The summed E-state index contributed by atoms with van der Waals surface area (Å²) in [7, 11) is 1.86. The van der Waals surface area contributed by atoms with Crippen LogP contribution in [0.4, 0.5) is 0 Å². The van der Waals surface area contributed by atoms with Gasteiger partial charge in [-0.25, -0.2) is 0 Å². The topological polar surface area (TPSA) is 44.0 Å². The third-order valence-corrected chi connectivity index (χ3v) is 4.20. The van der Waals surface area contributed by atoms with E-state index < -0.39 is 0 Å². The quantitative estimate of drug-likeness (QED) is 0.437. The molecule has 1 N–H and O–H groups in total. The van der Waals surface area contributed by atoms with Crippen molar-refractivity contribution in [2.24, 2.45) is 4.99 Å². The monoisotopic (exact) mass is 420 g/mol. The van der Waals surface area contributed by atoms with Crippen LogP contribution in [-0.4, -0.2) is 55.5 Å². The molecule has 0 aliphatic carbocycles. The van der Waals surface area contributed by atoms with Gasteiger partial charge in [0.2, 0.25) is 0 Å². The molecule has 1 atom stereocenters. The molecule has 1 fully saturated rings. The van der Waals surface area contributed by atoms with E-state index in [-0.39, 0.29) is 30.0 Å². The number of likely N-dealkylation sites (N-methyl/N-ethyl adjacent to an activating group) is 1. The van der Waals surface area contributed by atoms with Gasteiger partial charge in [-0.15, -0.1) is 24.0 Å². The summed E-state index contributed by atoms with van der Waals surface area (Å²) in [5.41, 5.74) is 0. The van der Waals surface area contributed by atoms with Crippen molar-refractivity contribution in [3.63, 3.8) is 0 Å². The lowest BCUT2D eigenvalue weighted by atomic mass is 10.2. The Morgan fingerprint density at radius 2 is 2.05 bits per heavy atom. The third kappa shape index (κ3) is 4.87. The van der Waals surface area contributed by atoms with E-state index >= 15 is 0 Å².